The lowest BCUT2D eigenvalue weighted by molar-refractivity contribution is 0.539. The molecule has 0 amide bonds. The number of nitrogens with zero attached hydrogens (tertiary/aromatic N) is 1. The first-order valence-electron chi connectivity index (χ1n) is 6.66. The fourth-order valence-electron chi connectivity index (χ4n) is 2.13. The van der Waals surface area contributed by atoms with Gasteiger partial charge in [-0.15, -0.1) is 0 Å². The van der Waals surface area contributed by atoms with E-state index in [4.69, 9.17) is 0 Å². The van der Waals surface area contributed by atoms with E-state index in [2.05, 4.69) is 9.71 Å². The van der Waals surface area contributed by atoms with E-state index < -0.39 is 21.9 Å². The molecule has 0 spiro atoms. The molecule has 0 saturated heterocycles. The van der Waals surface area contributed by atoms with Crippen LogP contribution in [0.15, 0.2) is 47.5 Å². The monoisotopic (exact) mass is 308 g/mol. The van der Waals surface area contributed by atoms with Crippen molar-refractivity contribution >= 4 is 10.0 Å². The van der Waals surface area contributed by atoms with Crippen LogP contribution in [0.2, 0.25) is 0 Å². The summed E-state index contributed by atoms with van der Waals surface area (Å²) in [6.45, 7) is 3.45. The second-order valence-corrected chi connectivity index (χ2v) is 6.36. The van der Waals surface area contributed by atoms with Crippen molar-refractivity contribution in [3.05, 3.63) is 59.7 Å². The Hall–Kier alpha value is -1.79. The molecule has 0 radical (unpaired) electrons. The van der Waals surface area contributed by atoms with Crippen LogP contribution in [-0.2, 0) is 16.4 Å². The van der Waals surface area contributed by atoms with E-state index in [0.717, 1.165) is 5.56 Å². The summed E-state index contributed by atoms with van der Waals surface area (Å²) in [6, 6.07) is 8.74. The van der Waals surface area contributed by atoms with Crippen LogP contribution in [0, 0.1) is 5.82 Å². The summed E-state index contributed by atoms with van der Waals surface area (Å²) in [5, 5.41) is 0. The van der Waals surface area contributed by atoms with Crippen molar-refractivity contribution in [2.75, 3.05) is 0 Å². The summed E-state index contributed by atoms with van der Waals surface area (Å²) in [7, 11) is -3.72. The molecule has 4 nitrogen and oxygen atoms in total. The molecule has 2 rings (SSSR count). The van der Waals surface area contributed by atoms with Crippen LogP contribution in [0.5, 0.6) is 0 Å². The highest BCUT2D eigenvalue weighted by Crippen LogP contribution is 2.20. The molecule has 1 aromatic carbocycles. The zero-order valence-corrected chi connectivity index (χ0v) is 12.7. The van der Waals surface area contributed by atoms with Gasteiger partial charge in [-0.05, 0) is 37.1 Å². The van der Waals surface area contributed by atoms with Gasteiger partial charge in [0, 0.05) is 6.20 Å². The summed E-state index contributed by atoms with van der Waals surface area (Å²) in [5.74, 6) is -0.531. The van der Waals surface area contributed by atoms with Crippen molar-refractivity contribution in [3.8, 4) is 0 Å². The molecule has 0 saturated carbocycles. The molecule has 0 aliphatic carbocycles. The molecule has 1 aromatic heterocycles. The van der Waals surface area contributed by atoms with E-state index in [9.17, 15) is 12.8 Å². The van der Waals surface area contributed by atoms with Gasteiger partial charge in [-0.2, -0.15) is 0 Å². The number of benzene rings is 1. The smallest absolute Gasteiger partial charge is 0.241 e. The van der Waals surface area contributed by atoms with Gasteiger partial charge in [0.1, 0.15) is 5.82 Å². The molecule has 0 aliphatic rings. The Bertz CT molecular complexity index is 732. The third-order valence-corrected chi connectivity index (χ3v) is 4.81. The van der Waals surface area contributed by atoms with Crippen LogP contribution >= 0.6 is 0 Å². The normalized spacial score (nSPS) is 13.1. The maximum atomic E-state index is 13.7. The van der Waals surface area contributed by atoms with Gasteiger partial charge < -0.3 is 0 Å². The van der Waals surface area contributed by atoms with Gasteiger partial charge in [0.05, 0.1) is 16.6 Å². The van der Waals surface area contributed by atoms with Crippen molar-refractivity contribution in [2.24, 2.45) is 0 Å². The Balaban J connectivity index is 2.32. The van der Waals surface area contributed by atoms with E-state index >= 15 is 0 Å². The van der Waals surface area contributed by atoms with Gasteiger partial charge in [0.2, 0.25) is 10.0 Å². The minimum atomic E-state index is -3.72. The molecule has 2 aromatic rings. The lowest BCUT2D eigenvalue weighted by Crippen LogP contribution is -2.28. The number of aromatic nitrogens is 1. The second kappa shape index (κ2) is 6.32. The predicted octanol–water partition coefficient (Wildman–Crippen LogP) is 2.82. The minimum Gasteiger partial charge on any atom is -0.257 e. The van der Waals surface area contributed by atoms with Crippen molar-refractivity contribution in [2.45, 2.75) is 31.2 Å². The summed E-state index contributed by atoms with van der Waals surface area (Å²) < 4.78 is 41.0. The zero-order chi connectivity index (χ0) is 15.5. The number of hydrogen-bond acceptors (Lipinski definition) is 3. The van der Waals surface area contributed by atoms with E-state index in [1.807, 2.05) is 6.92 Å². The zero-order valence-electron chi connectivity index (χ0n) is 11.9. The van der Waals surface area contributed by atoms with Crippen molar-refractivity contribution in [3.63, 3.8) is 0 Å². The fourth-order valence-corrected chi connectivity index (χ4v) is 3.65. The SMILES string of the molecule is CCc1ccccc1S(=O)(=O)NC(C)c1ncccc1F. The second-order valence-electron chi connectivity index (χ2n) is 4.67. The first kappa shape index (κ1) is 15.6. The van der Waals surface area contributed by atoms with Gasteiger partial charge >= 0.3 is 0 Å². The van der Waals surface area contributed by atoms with E-state index in [1.165, 1.54) is 18.3 Å². The first-order chi connectivity index (χ1) is 9.95. The standard InChI is InChI=1S/C15H17FN2O2S/c1-3-12-7-4-5-9-14(12)21(19,20)18-11(2)15-13(16)8-6-10-17-15/h4-11,18H,3H2,1-2H3. The summed E-state index contributed by atoms with van der Waals surface area (Å²) in [4.78, 5) is 4.11. The van der Waals surface area contributed by atoms with Crippen LogP contribution in [0.4, 0.5) is 4.39 Å². The quantitative estimate of drug-likeness (QED) is 0.924. The van der Waals surface area contributed by atoms with Crippen LogP contribution in [0.3, 0.4) is 0 Å². The molecule has 0 bridgehead atoms. The molecule has 0 aliphatic heterocycles. The molecular formula is C15H17FN2O2S. The minimum absolute atomic E-state index is 0.0788. The molecule has 21 heavy (non-hydrogen) atoms. The highest BCUT2D eigenvalue weighted by molar-refractivity contribution is 7.89. The molecule has 0 fully saturated rings. The maximum absolute atomic E-state index is 13.7. The fraction of sp³-hybridized carbons (Fsp3) is 0.267. The largest absolute Gasteiger partial charge is 0.257 e. The van der Waals surface area contributed by atoms with Crippen molar-refractivity contribution in [1.82, 2.24) is 9.71 Å². The maximum Gasteiger partial charge on any atom is 0.241 e. The lowest BCUT2D eigenvalue weighted by atomic mass is 10.2. The Labute approximate surface area is 124 Å². The number of halogens is 1. The number of pyridine rings is 1. The third-order valence-electron chi connectivity index (χ3n) is 3.17. The average Bonchev–Trinajstić information content (AvgIpc) is 2.47. The van der Waals surface area contributed by atoms with E-state index in [-0.39, 0.29) is 10.6 Å². The summed E-state index contributed by atoms with van der Waals surface area (Å²) >= 11 is 0. The average molecular weight is 308 g/mol. The molecule has 112 valence electrons. The Kier molecular flexibility index (Phi) is 4.69. The van der Waals surface area contributed by atoms with Gasteiger partial charge in [-0.1, -0.05) is 25.1 Å². The summed E-state index contributed by atoms with van der Waals surface area (Å²) in [5.41, 5.74) is 0.800. The molecule has 1 heterocycles. The first-order valence-corrected chi connectivity index (χ1v) is 8.14. The van der Waals surface area contributed by atoms with Gasteiger partial charge in [-0.25, -0.2) is 17.5 Å². The van der Waals surface area contributed by atoms with E-state index in [0.29, 0.717) is 6.42 Å². The van der Waals surface area contributed by atoms with Gasteiger partial charge in [0.25, 0.3) is 0 Å². The van der Waals surface area contributed by atoms with Crippen molar-refractivity contribution < 1.29 is 12.8 Å². The Morgan fingerprint density at radius 2 is 1.95 bits per heavy atom. The molecule has 6 heteroatoms. The number of hydrogen-bond donors (Lipinski definition) is 1. The van der Waals surface area contributed by atoms with Crippen LogP contribution < -0.4 is 4.72 Å². The third kappa shape index (κ3) is 3.46. The lowest BCUT2D eigenvalue weighted by Gasteiger charge is -2.16. The topological polar surface area (TPSA) is 59.1 Å². The van der Waals surface area contributed by atoms with Crippen LogP contribution in [0.25, 0.3) is 0 Å². The summed E-state index contributed by atoms with van der Waals surface area (Å²) in [6.07, 6.45) is 2.03. The van der Waals surface area contributed by atoms with Crippen LogP contribution in [0.1, 0.15) is 31.1 Å². The Morgan fingerprint density at radius 3 is 2.62 bits per heavy atom. The molecule has 1 N–H and O–H groups in total. The predicted molar refractivity (Wildman–Crippen MR) is 78.8 cm³/mol. The van der Waals surface area contributed by atoms with Gasteiger partial charge in [-0.3, -0.25) is 4.98 Å². The highest BCUT2D eigenvalue weighted by Gasteiger charge is 2.22. The number of rotatable bonds is 5. The highest BCUT2D eigenvalue weighted by atomic mass is 32.2. The molecule has 1 atom stereocenters. The van der Waals surface area contributed by atoms with E-state index in [1.54, 1.807) is 31.2 Å². The number of aryl methyl sites for hydroxylation is 1. The molecular weight excluding hydrogens is 291 g/mol. The number of sulfonamides is 1. The number of nitrogens with one attached hydrogen (secondary N) is 1. The van der Waals surface area contributed by atoms with Gasteiger partial charge in [0.15, 0.2) is 0 Å². The van der Waals surface area contributed by atoms with Crippen LogP contribution in [-0.4, -0.2) is 13.4 Å². The van der Waals surface area contributed by atoms with Crippen molar-refractivity contribution in [1.29, 1.82) is 0 Å². The molecule has 1 unspecified atom stereocenters. The Morgan fingerprint density at radius 1 is 1.24 bits per heavy atom.